The number of imide groups is 1. The second-order valence-electron chi connectivity index (χ2n) is 4.30. The molecule has 0 saturated carbocycles. The highest BCUT2D eigenvalue weighted by Gasteiger charge is 2.22. The Kier molecular flexibility index (Phi) is 3.95. The summed E-state index contributed by atoms with van der Waals surface area (Å²) in [5, 5.41) is 8.69. The number of nitrogen functional groups attached to an aromatic ring is 1. The molecule has 0 atom stereocenters. The van der Waals surface area contributed by atoms with Gasteiger partial charge in [-0.05, 0) is 36.4 Å². The number of carbonyl (C=O) groups excluding carboxylic acids is 2. The number of pyridine rings is 1. The van der Waals surface area contributed by atoms with E-state index in [1.165, 1.54) is 25.3 Å². The molecule has 2 amide bonds. The molecule has 0 aliphatic carbocycles. The fourth-order valence-corrected chi connectivity index (χ4v) is 1.78. The summed E-state index contributed by atoms with van der Waals surface area (Å²) in [4.78, 5) is 29.0. The van der Waals surface area contributed by atoms with E-state index >= 15 is 0 Å². The molecule has 2 aromatic rings. The molecule has 0 spiro atoms. The lowest BCUT2D eigenvalue weighted by atomic mass is 10.2. The van der Waals surface area contributed by atoms with Crippen molar-refractivity contribution in [2.24, 2.45) is 0 Å². The number of benzene rings is 1. The summed E-state index contributed by atoms with van der Waals surface area (Å²) in [6.07, 6.45) is 1.27. The number of aromatic nitrogens is 1. The van der Waals surface area contributed by atoms with E-state index in [4.69, 9.17) is 11.0 Å². The molecule has 0 aliphatic heterocycles. The highest BCUT2D eigenvalue weighted by molar-refractivity contribution is 6.20. The van der Waals surface area contributed by atoms with Crippen LogP contribution in [0.3, 0.4) is 0 Å². The number of nitriles is 1. The van der Waals surface area contributed by atoms with Crippen molar-refractivity contribution in [3.05, 3.63) is 53.9 Å². The number of anilines is 2. The second kappa shape index (κ2) is 5.84. The number of nitrogens with two attached hydrogens (primary N) is 1. The topological polar surface area (TPSA) is 100 Å². The van der Waals surface area contributed by atoms with Crippen molar-refractivity contribution in [3.8, 4) is 6.07 Å². The summed E-state index contributed by atoms with van der Waals surface area (Å²) in [6.45, 7) is 1.30. The Morgan fingerprint density at radius 3 is 2.33 bits per heavy atom. The van der Waals surface area contributed by atoms with E-state index in [9.17, 15) is 9.59 Å². The van der Waals surface area contributed by atoms with Gasteiger partial charge in [0.05, 0.1) is 11.3 Å². The van der Waals surface area contributed by atoms with Gasteiger partial charge in [0.15, 0.2) is 0 Å². The maximum atomic E-state index is 12.4. The van der Waals surface area contributed by atoms with Crippen LogP contribution in [0.4, 0.5) is 11.4 Å². The van der Waals surface area contributed by atoms with E-state index in [1.54, 1.807) is 24.3 Å². The second-order valence-corrected chi connectivity index (χ2v) is 4.30. The molecule has 6 heteroatoms. The van der Waals surface area contributed by atoms with Gasteiger partial charge in [-0.1, -0.05) is 0 Å². The van der Waals surface area contributed by atoms with Crippen LogP contribution < -0.4 is 10.6 Å². The molecule has 2 N–H and O–H groups in total. The minimum Gasteiger partial charge on any atom is -0.399 e. The Labute approximate surface area is 121 Å². The molecule has 0 radical (unpaired) electrons. The molecular weight excluding hydrogens is 268 g/mol. The normalized spacial score (nSPS) is 9.71. The van der Waals surface area contributed by atoms with Crippen molar-refractivity contribution in [1.82, 2.24) is 4.98 Å². The fourth-order valence-electron chi connectivity index (χ4n) is 1.78. The predicted molar refractivity (Wildman–Crippen MR) is 77.3 cm³/mol. The van der Waals surface area contributed by atoms with Crippen LogP contribution in [-0.4, -0.2) is 16.8 Å². The first-order valence-electron chi connectivity index (χ1n) is 6.09. The minimum absolute atomic E-state index is 0.202. The number of hydrogen-bond acceptors (Lipinski definition) is 5. The molecular formula is C15H12N4O2. The summed E-state index contributed by atoms with van der Waals surface area (Å²) < 4.78 is 0. The zero-order valence-corrected chi connectivity index (χ0v) is 11.3. The molecule has 0 unspecified atom stereocenters. The van der Waals surface area contributed by atoms with Gasteiger partial charge in [-0.3, -0.25) is 9.59 Å². The Morgan fingerprint density at radius 1 is 1.19 bits per heavy atom. The van der Waals surface area contributed by atoms with Crippen molar-refractivity contribution in [1.29, 1.82) is 5.26 Å². The molecule has 0 saturated heterocycles. The third-order valence-corrected chi connectivity index (χ3v) is 2.79. The van der Waals surface area contributed by atoms with E-state index in [2.05, 4.69) is 4.98 Å². The number of carbonyl (C=O) groups is 2. The first kappa shape index (κ1) is 14.2. The monoisotopic (exact) mass is 280 g/mol. The molecule has 1 heterocycles. The van der Waals surface area contributed by atoms with Gasteiger partial charge in [0.1, 0.15) is 11.8 Å². The number of nitrogens with zero attached hydrogens (tertiary/aromatic N) is 3. The van der Waals surface area contributed by atoms with Gasteiger partial charge in [-0.2, -0.15) is 5.26 Å². The first-order valence-corrected chi connectivity index (χ1v) is 6.09. The number of amides is 2. The number of hydrogen-bond donors (Lipinski definition) is 1. The Morgan fingerprint density at radius 2 is 1.86 bits per heavy atom. The molecule has 0 bridgehead atoms. The largest absolute Gasteiger partial charge is 0.399 e. The summed E-state index contributed by atoms with van der Waals surface area (Å²) in [5.74, 6) is -0.932. The molecule has 104 valence electrons. The fraction of sp³-hybridized carbons (Fsp3) is 0.0667. The van der Waals surface area contributed by atoms with Crippen LogP contribution in [0.2, 0.25) is 0 Å². The van der Waals surface area contributed by atoms with Crippen molar-refractivity contribution < 1.29 is 9.59 Å². The minimum atomic E-state index is -0.510. The Hall–Kier alpha value is -3.20. The van der Waals surface area contributed by atoms with Crippen molar-refractivity contribution >= 4 is 23.2 Å². The van der Waals surface area contributed by atoms with E-state index in [1.807, 2.05) is 6.07 Å². The van der Waals surface area contributed by atoms with Crippen molar-refractivity contribution in [3.63, 3.8) is 0 Å². The summed E-state index contributed by atoms with van der Waals surface area (Å²) in [5.41, 5.74) is 6.98. The lowest BCUT2D eigenvalue weighted by Crippen LogP contribution is -2.35. The maximum Gasteiger partial charge on any atom is 0.266 e. The third kappa shape index (κ3) is 3.04. The molecule has 0 aliphatic rings. The zero-order chi connectivity index (χ0) is 15.4. The highest BCUT2D eigenvalue weighted by atomic mass is 16.2. The molecule has 1 aromatic heterocycles. The number of rotatable bonds is 2. The van der Waals surface area contributed by atoms with Gasteiger partial charge in [0, 0.05) is 18.8 Å². The lowest BCUT2D eigenvalue weighted by molar-refractivity contribution is -0.115. The average molecular weight is 280 g/mol. The van der Waals surface area contributed by atoms with Gasteiger partial charge in [-0.15, -0.1) is 0 Å². The Balaban J connectivity index is 2.38. The third-order valence-electron chi connectivity index (χ3n) is 2.79. The zero-order valence-electron chi connectivity index (χ0n) is 11.3. The van der Waals surface area contributed by atoms with Crippen LogP contribution in [0.25, 0.3) is 0 Å². The molecule has 2 rings (SSSR count). The van der Waals surface area contributed by atoms with Gasteiger partial charge in [0.25, 0.3) is 5.91 Å². The van der Waals surface area contributed by atoms with Gasteiger partial charge in [0.2, 0.25) is 5.91 Å². The van der Waals surface area contributed by atoms with Crippen LogP contribution in [0.15, 0.2) is 42.6 Å². The van der Waals surface area contributed by atoms with E-state index in [-0.39, 0.29) is 11.3 Å². The maximum absolute atomic E-state index is 12.4. The van der Waals surface area contributed by atoms with Crippen LogP contribution >= 0.6 is 0 Å². The average Bonchev–Trinajstić information content (AvgIpc) is 2.49. The highest BCUT2D eigenvalue weighted by Crippen LogP contribution is 2.19. The van der Waals surface area contributed by atoms with E-state index in [0.29, 0.717) is 11.4 Å². The predicted octanol–water partition coefficient (Wildman–Crippen LogP) is 1.73. The van der Waals surface area contributed by atoms with Crippen LogP contribution in [0, 0.1) is 11.3 Å². The van der Waals surface area contributed by atoms with Gasteiger partial charge < -0.3 is 5.73 Å². The molecule has 1 aromatic carbocycles. The summed E-state index contributed by atoms with van der Waals surface area (Å²) >= 11 is 0. The lowest BCUT2D eigenvalue weighted by Gasteiger charge is -2.19. The van der Waals surface area contributed by atoms with Crippen LogP contribution in [-0.2, 0) is 4.79 Å². The molecule has 6 nitrogen and oxygen atoms in total. The van der Waals surface area contributed by atoms with Crippen molar-refractivity contribution in [2.75, 3.05) is 10.6 Å². The summed E-state index contributed by atoms with van der Waals surface area (Å²) in [7, 11) is 0. The first-order chi connectivity index (χ1) is 10.0. The smallest absolute Gasteiger partial charge is 0.266 e. The van der Waals surface area contributed by atoms with Crippen LogP contribution in [0.1, 0.15) is 23.0 Å². The molecule has 0 fully saturated rings. The summed E-state index contributed by atoms with van der Waals surface area (Å²) in [6, 6.07) is 11.1. The van der Waals surface area contributed by atoms with E-state index in [0.717, 1.165) is 4.90 Å². The standard InChI is InChI=1S/C15H12N4O2/c1-10(20)19(14-6-3-12(17)4-7-14)15(21)11-2-5-13(8-16)18-9-11/h2-7,9H,17H2,1H3. The van der Waals surface area contributed by atoms with Crippen molar-refractivity contribution in [2.45, 2.75) is 6.92 Å². The van der Waals surface area contributed by atoms with Crippen LogP contribution in [0.5, 0.6) is 0 Å². The van der Waals surface area contributed by atoms with Gasteiger partial charge >= 0.3 is 0 Å². The molecule has 21 heavy (non-hydrogen) atoms. The van der Waals surface area contributed by atoms with E-state index < -0.39 is 11.8 Å². The van der Waals surface area contributed by atoms with Gasteiger partial charge in [-0.25, -0.2) is 9.88 Å². The SMILES string of the molecule is CC(=O)N(C(=O)c1ccc(C#N)nc1)c1ccc(N)cc1. The quantitative estimate of drug-likeness (QED) is 0.844. The Bertz CT molecular complexity index is 715.